The van der Waals surface area contributed by atoms with Gasteiger partial charge in [0.25, 0.3) is 5.91 Å². The fourth-order valence-electron chi connectivity index (χ4n) is 2.94. The van der Waals surface area contributed by atoms with E-state index in [1.54, 1.807) is 0 Å². The molecule has 18 heavy (non-hydrogen) atoms. The lowest BCUT2D eigenvalue weighted by molar-refractivity contribution is -0.126. The number of fused-ring (bicyclic) bond motifs is 1. The maximum absolute atomic E-state index is 11.6. The minimum absolute atomic E-state index is 0.0412. The first kappa shape index (κ1) is 11.4. The lowest BCUT2D eigenvalue weighted by Gasteiger charge is -2.22. The average Bonchev–Trinajstić information content (AvgIpc) is 2.81. The molecule has 4 heteroatoms. The van der Waals surface area contributed by atoms with Crippen molar-refractivity contribution in [3.63, 3.8) is 0 Å². The molecule has 1 aromatic carbocycles. The molecule has 1 aromatic rings. The van der Waals surface area contributed by atoms with E-state index in [0.717, 1.165) is 28.8 Å². The van der Waals surface area contributed by atoms with Crippen molar-refractivity contribution in [3.8, 4) is 0 Å². The van der Waals surface area contributed by atoms with Gasteiger partial charge in [0.15, 0.2) is 0 Å². The molecule has 0 aromatic heterocycles. The molecule has 0 atom stereocenters. The largest absolute Gasteiger partial charge is 0.288 e. The van der Waals surface area contributed by atoms with Gasteiger partial charge in [0.2, 0.25) is 0 Å². The molecule has 1 saturated carbocycles. The van der Waals surface area contributed by atoms with Crippen molar-refractivity contribution in [3.05, 3.63) is 34.8 Å². The van der Waals surface area contributed by atoms with Crippen LogP contribution in [0.4, 0.5) is 0 Å². The number of nitrogens with zero attached hydrogens (tertiary/aromatic N) is 2. The Kier molecular flexibility index (Phi) is 2.88. The van der Waals surface area contributed by atoms with Gasteiger partial charge in [-0.25, -0.2) is 4.99 Å². The van der Waals surface area contributed by atoms with Crippen LogP contribution in [0.1, 0.15) is 25.7 Å². The smallest absolute Gasteiger partial charge is 0.268 e. The Labute approximate surface area is 105 Å². The third-order valence-electron chi connectivity index (χ3n) is 3.73. The highest BCUT2D eigenvalue weighted by atomic mass is 16.5. The van der Waals surface area contributed by atoms with Crippen molar-refractivity contribution in [2.75, 3.05) is 6.54 Å². The van der Waals surface area contributed by atoms with Gasteiger partial charge < -0.3 is 0 Å². The third-order valence-corrected chi connectivity index (χ3v) is 3.73. The first-order valence-electron chi connectivity index (χ1n) is 6.43. The normalized spacial score (nSPS) is 20.6. The molecule has 0 saturated heterocycles. The Morgan fingerprint density at radius 3 is 2.72 bits per heavy atom. The zero-order chi connectivity index (χ0) is 12.5. The molecule has 3 rings (SSSR count). The minimum Gasteiger partial charge on any atom is -0.288 e. The Bertz CT molecular complexity index is 588. The Morgan fingerprint density at radius 1 is 1.22 bits per heavy atom. The van der Waals surface area contributed by atoms with Crippen LogP contribution in [0, 0.1) is 5.92 Å². The van der Waals surface area contributed by atoms with Crippen molar-refractivity contribution in [2.24, 2.45) is 10.9 Å². The molecule has 94 valence electrons. The fraction of sp³-hybridized carbons (Fsp3) is 0.429. The molecule has 2 aliphatic rings. The summed E-state index contributed by atoms with van der Waals surface area (Å²) in [5.41, 5.74) is 0.873. The second-order valence-electron chi connectivity index (χ2n) is 4.95. The lowest BCUT2D eigenvalue weighted by atomic mass is 10.0. The number of rotatable bonds is 1. The molecule has 1 heterocycles. The van der Waals surface area contributed by atoms with Crippen molar-refractivity contribution >= 4 is 11.6 Å². The number of carbonyl (C=O) groups excluding carboxylic acids is 1. The summed E-state index contributed by atoms with van der Waals surface area (Å²) in [6.45, 7) is -0.0412. The first-order chi connectivity index (χ1) is 8.75. The molecule has 0 bridgehead atoms. The molecular formula is C14H16N2O2. The predicted octanol–water partition coefficient (Wildman–Crippen LogP) is 0.836. The third kappa shape index (κ3) is 1.93. The number of benzene rings is 1. The second-order valence-corrected chi connectivity index (χ2v) is 4.95. The van der Waals surface area contributed by atoms with Crippen LogP contribution in [0.5, 0.6) is 0 Å². The minimum atomic E-state index is -0.294. The standard InChI is InChI=1S/C14H16N2O2/c17-13-9-16(18)14(10-5-1-2-6-10)11-7-3-4-8-12(11)15-13/h3-4,7-8,10,18H,1-2,5-6,9H2. The van der Waals surface area contributed by atoms with Crippen LogP contribution in [0.25, 0.3) is 5.70 Å². The Morgan fingerprint density at radius 2 is 1.94 bits per heavy atom. The molecule has 0 spiro atoms. The van der Waals surface area contributed by atoms with Gasteiger partial charge in [-0.05, 0) is 18.9 Å². The number of hydrogen-bond donors (Lipinski definition) is 1. The number of hydrogen-bond acceptors (Lipinski definition) is 3. The monoisotopic (exact) mass is 244 g/mol. The van der Waals surface area contributed by atoms with E-state index in [4.69, 9.17) is 0 Å². The molecule has 0 radical (unpaired) electrons. The highest BCUT2D eigenvalue weighted by molar-refractivity contribution is 5.80. The van der Waals surface area contributed by atoms with E-state index < -0.39 is 0 Å². The SMILES string of the molecule is O=C1CN(O)C(C2CCCC2)=c2ccccc2=N1. The zero-order valence-corrected chi connectivity index (χ0v) is 10.2. The number of hydroxylamine groups is 2. The Hall–Kier alpha value is -1.68. The van der Waals surface area contributed by atoms with Gasteiger partial charge in [0, 0.05) is 11.1 Å². The van der Waals surface area contributed by atoms with Gasteiger partial charge in [0.1, 0.15) is 6.54 Å². The maximum atomic E-state index is 11.6. The summed E-state index contributed by atoms with van der Waals surface area (Å²) in [7, 11) is 0. The van der Waals surface area contributed by atoms with Gasteiger partial charge in [-0.15, -0.1) is 0 Å². The lowest BCUT2D eigenvalue weighted by Crippen LogP contribution is -2.34. The summed E-state index contributed by atoms with van der Waals surface area (Å²) in [4.78, 5) is 15.7. The van der Waals surface area contributed by atoms with E-state index in [1.807, 2.05) is 24.3 Å². The molecule has 1 amide bonds. The number of amides is 1. The van der Waals surface area contributed by atoms with E-state index in [1.165, 1.54) is 12.8 Å². The van der Waals surface area contributed by atoms with Gasteiger partial charge in [-0.3, -0.25) is 15.1 Å². The quantitative estimate of drug-likeness (QED) is 0.796. The van der Waals surface area contributed by atoms with Gasteiger partial charge in [-0.1, -0.05) is 31.0 Å². The van der Waals surface area contributed by atoms with Crippen LogP contribution in [0.15, 0.2) is 29.3 Å². The van der Waals surface area contributed by atoms with E-state index in [0.29, 0.717) is 11.3 Å². The number of carbonyl (C=O) groups is 1. The van der Waals surface area contributed by atoms with Crippen molar-refractivity contribution in [1.29, 1.82) is 0 Å². The summed E-state index contributed by atoms with van der Waals surface area (Å²) in [5, 5.41) is 12.8. The molecule has 1 N–H and O–H groups in total. The maximum Gasteiger partial charge on any atom is 0.268 e. The van der Waals surface area contributed by atoms with E-state index in [9.17, 15) is 10.0 Å². The molecule has 1 aliphatic heterocycles. The highest BCUT2D eigenvalue weighted by Crippen LogP contribution is 2.32. The van der Waals surface area contributed by atoms with E-state index in [-0.39, 0.29) is 12.5 Å². The van der Waals surface area contributed by atoms with Crippen molar-refractivity contribution in [1.82, 2.24) is 5.06 Å². The second kappa shape index (κ2) is 4.53. The van der Waals surface area contributed by atoms with Crippen LogP contribution in [0.2, 0.25) is 0 Å². The van der Waals surface area contributed by atoms with Crippen LogP contribution in [0.3, 0.4) is 0 Å². The number of para-hydroxylation sites is 1. The molecule has 4 nitrogen and oxygen atoms in total. The predicted molar refractivity (Wildman–Crippen MR) is 66.1 cm³/mol. The average molecular weight is 244 g/mol. The van der Waals surface area contributed by atoms with Crippen LogP contribution >= 0.6 is 0 Å². The molecule has 0 unspecified atom stereocenters. The highest BCUT2D eigenvalue weighted by Gasteiger charge is 2.26. The fourth-order valence-corrected chi connectivity index (χ4v) is 2.94. The van der Waals surface area contributed by atoms with Gasteiger partial charge >= 0.3 is 0 Å². The van der Waals surface area contributed by atoms with Crippen LogP contribution in [-0.2, 0) is 4.79 Å². The van der Waals surface area contributed by atoms with Crippen molar-refractivity contribution in [2.45, 2.75) is 25.7 Å². The molecule has 1 aliphatic carbocycles. The topological polar surface area (TPSA) is 52.9 Å². The van der Waals surface area contributed by atoms with E-state index >= 15 is 0 Å². The summed E-state index contributed by atoms with van der Waals surface area (Å²) < 4.78 is 0. The summed E-state index contributed by atoms with van der Waals surface area (Å²) in [5.74, 6) is 0.0511. The zero-order valence-electron chi connectivity index (χ0n) is 10.2. The van der Waals surface area contributed by atoms with Crippen LogP contribution < -0.4 is 10.6 Å². The Balaban J connectivity index is 2.26. The summed E-state index contributed by atoms with van der Waals surface area (Å²) in [6, 6.07) is 7.57. The molecular weight excluding hydrogens is 228 g/mol. The summed E-state index contributed by atoms with van der Waals surface area (Å²) in [6.07, 6.45) is 4.54. The van der Waals surface area contributed by atoms with Crippen LogP contribution in [-0.4, -0.2) is 22.7 Å². The molecule has 1 fully saturated rings. The van der Waals surface area contributed by atoms with Gasteiger partial charge in [-0.2, -0.15) is 0 Å². The summed E-state index contributed by atoms with van der Waals surface area (Å²) >= 11 is 0. The van der Waals surface area contributed by atoms with E-state index in [2.05, 4.69) is 4.99 Å². The van der Waals surface area contributed by atoms with Crippen molar-refractivity contribution < 1.29 is 10.0 Å². The first-order valence-corrected chi connectivity index (χ1v) is 6.43. The van der Waals surface area contributed by atoms with Gasteiger partial charge in [0.05, 0.1) is 11.1 Å².